The van der Waals surface area contributed by atoms with Crippen molar-refractivity contribution in [2.45, 2.75) is 37.5 Å². The van der Waals surface area contributed by atoms with Crippen molar-refractivity contribution in [3.8, 4) is 16.5 Å². The van der Waals surface area contributed by atoms with Crippen molar-refractivity contribution in [1.29, 1.82) is 0 Å². The molecule has 1 aliphatic heterocycles. The molecule has 11 heteroatoms. The standard InChI is InChI=1S/C25H27N5O4S2/c1-16(2)22-28-24(34-29-22)30-13-10-17(11-14-30)12-15-33-25-27-21-9-8-20(26-23(21)35-25)18-4-6-19(7-5-18)36(3,31)32/h4-10,16H,11-15H2,1-3H3. The number of hydrogen-bond donors (Lipinski definition) is 0. The first-order valence-electron chi connectivity index (χ1n) is 11.7. The number of anilines is 1. The lowest BCUT2D eigenvalue weighted by Crippen LogP contribution is -2.29. The monoisotopic (exact) mass is 525 g/mol. The van der Waals surface area contributed by atoms with Gasteiger partial charge in [-0.1, -0.05) is 54.1 Å². The summed E-state index contributed by atoms with van der Waals surface area (Å²) in [7, 11) is -3.23. The van der Waals surface area contributed by atoms with Crippen molar-refractivity contribution >= 4 is 37.5 Å². The molecular weight excluding hydrogens is 498 g/mol. The van der Waals surface area contributed by atoms with Gasteiger partial charge in [-0.25, -0.2) is 18.4 Å². The van der Waals surface area contributed by atoms with Crippen molar-refractivity contribution in [1.82, 2.24) is 20.1 Å². The molecule has 188 valence electrons. The maximum atomic E-state index is 11.7. The smallest absolute Gasteiger partial charge is 0.324 e. The summed E-state index contributed by atoms with van der Waals surface area (Å²) in [5.74, 6) is 0.976. The summed E-state index contributed by atoms with van der Waals surface area (Å²) in [5, 5.41) is 4.63. The lowest BCUT2D eigenvalue weighted by Gasteiger charge is -2.24. The first kappa shape index (κ1) is 24.4. The number of nitrogens with zero attached hydrogens (tertiary/aromatic N) is 5. The first-order valence-corrected chi connectivity index (χ1v) is 14.4. The number of sulfone groups is 1. The van der Waals surface area contributed by atoms with Crippen molar-refractivity contribution in [3.63, 3.8) is 0 Å². The number of pyridine rings is 1. The zero-order valence-corrected chi connectivity index (χ0v) is 22.0. The lowest BCUT2D eigenvalue weighted by molar-refractivity contribution is 0.318. The predicted molar refractivity (Wildman–Crippen MR) is 139 cm³/mol. The van der Waals surface area contributed by atoms with E-state index in [1.54, 1.807) is 24.3 Å². The number of benzene rings is 1. The van der Waals surface area contributed by atoms with Crippen LogP contribution in [0.25, 0.3) is 21.6 Å². The Labute approximate surface area is 213 Å². The van der Waals surface area contributed by atoms with E-state index >= 15 is 0 Å². The third-order valence-electron chi connectivity index (χ3n) is 5.98. The van der Waals surface area contributed by atoms with Gasteiger partial charge in [-0.05, 0) is 30.7 Å². The van der Waals surface area contributed by atoms with Gasteiger partial charge in [0.15, 0.2) is 15.7 Å². The van der Waals surface area contributed by atoms with Gasteiger partial charge in [-0.3, -0.25) is 0 Å². The molecule has 1 aromatic carbocycles. The minimum Gasteiger partial charge on any atom is -0.470 e. The predicted octanol–water partition coefficient (Wildman–Crippen LogP) is 4.87. The Morgan fingerprint density at radius 2 is 1.92 bits per heavy atom. The fourth-order valence-corrected chi connectivity index (χ4v) is 5.31. The van der Waals surface area contributed by atoms with Gasteiger partial charge in [0, 0.05) is 37.2 Å². The molecule has 0 amide bonds. The highest BCUT2D eigenvalue weighted by Gasteiger charge is 2.19. The topological polar surface area (TPSA) is 111 Å². The zero-order valence-electron chi connectivity index (χ0n) is 20.3. The molecule has 1 aliphatic rings. The Balaban J connectivity index is 1.17. The summed E-state index contributed by atoms with van der Waals surface area (Å²) in [6, 6.07) is 11.1. The van der Waals surface area contributed by atoms with Crippen LogP contribution < -0.4 is 9.64 Å². The summed E-state index contributed by atoms with van der Waals surface area (Å²) in [5.41, 5.74) is 3.73. The van der Waals surface area contributed by atoms with Crippen molar-refractivity contribution < 1.29 is 17.7 Å². The van der Waals surface area contributed by atoms with Crippen molar-refractivity contribution in [2.75, 3.05) is 30.9 Å². The van der Waals surface area contributed by atoms with Gasteiger partial charge in [-0.2, -0.15) is 4.98 Å². The third-order valence-corrected chi connectivity index (χ3v) is 7.99. The number of hydrogen-bond acceptors (Lipinski definition) is 10. The van der Waals surface area contributed by atoms with Gasteiger partial charge in [0.1, 0.15) is 10.3 Å². The van der Waals surface area contributed by atoms with Gasteiger partial charge in [0.2, 0.25) is 0 Å². The van der Waals surface area contributed by atoms with Crippen LogP contribution >= 0.6 is 11.3 Å². The average Bonchev–Trinajstić information content (AvgIpc) is 3.51. The molecule has 0 N–H and O–H groups in total. The number of rotatable bonds is 8. The molecule has 4 aromatic rings. The molecule has 0 spiro atoms. The van der Waals surface area contributed by atoms with Crippen LogP contribution in [0.15, 0.2) is 57.5 Å². The van der Waals surface area contributed by atoms with E-state index in [2.05, 4.69) is 26.1 Å². The van der Waals surface area contributed by atoms with Crippen LogP contribution in [-0.4, -0.2) is 54.5 Å². The molecule has 0 aliphatic carbocycles. The third kappa shape index (κ3) is 5.41. The first-order chi connectivity index (χ1) is 17.3. The Morgan fingerprint density at radius 3 is 2.58 bits per heavy atom. The summed E-state index contributed by atoms with van der Waals surface area (Å²) in [6.45, 7) is 6.22. The molecule has 5 rings (SSSR count). The minimum atomic E-state index is -3.23. The van der Waals surface area contributed by atoms with Crippen LogP contribution in [0.1, 0.15) is 38.4 Å². The van der Waals surface area contributed by atoms with Crippen LogP contribution in [0, 0.1) is 0 Å². The molecule has 0 fully saturated rings. The highest BCUT2D eigenvalue weighted by molar-refractivity contribution is 7.90. The molecule has 0 atom stereocenters. The van der Waals surface area contributed by atoms with E-state index in [1.807, 2.05) is 26.0 Å². The largest absolute Gasteiger partial charge is 0.470 e. The maximum Gasteiger partial charge on any atom is 0.324 e. The molecule has 4 heterocycles. The van der Waals surface area contributed by atoms with Gasteiger partial charge in [0.25, 0.3) is 5.19 Å². The normalized spacial score (nSPS) is 14.4. The molecule has 3 aromatic heterocycles. The second-order valence-corrected chi connectivity index (χ2v) is 12.0. The minimum absolute atomic E-state index is 0.244. The SMILES string of the molecule is CC(C)c1noc(N2CC=C(CCOc3nc4ccc(-c5ccc(S(C)(=O)=O)cc5)nc4s3)CC2)n1. The quantitative estimate of drug-likeness (QED) is 0.297. The van der Waals surface area contributed by atoms with Crippen LogP contribution in [-0.2, 0) is 9.84 Å². The summed E-state index contributed by atoms with van der Waals surface area (Å²) >= 11 is 1.41. The average molecular weight is 526 g/mol. The van der Waals surface area contributed by atoms with E-state index in [0.717, 1.165) is 53.4 Å². The molecule has 0 radical (unpaired) electrons. The Hall–Kier alpha value is -3.31. The summed E-state index contributed by atoms with van der Waals surface area (Å²) in [6.07, 6.45) is 5.15. The number of ether oxygens (including phenoxy) is 1. The lowest BCUT2D eigenvalue weighted by atomic mass is 10.1. The summed E-state index contributed by atoms with van der Waals surface area (Å²) in [4.78, 5) is 16.9. The highest BCUT2D eigenvalue weighted by Crippen LogP contribution is 2.30. The fraction of sp³-hybridized carbons (Fsp3) is 0.360. The van der Waals surface area contributed by atoms with Crippen LogP contribution in [0.4, 0.5) is 6.01 Å². The molecular formula is C25H27N5O4S2. The maximum absolute atomic E-state index is 11.7. The van der Waals surface area contributed by atoms with Crippen molar-refractivity contribution in [3.05, 3.63) is 53.9 Å². The Bertz CT molecular complexity index is 1510. The van der Waals surface area contributed by atoms with E-state index in [4.69, 9.17) is 14.2 Å². The van der Waals surface area contributed by atoms with Crippen LogP contribution in [0.5, 0.6) is 5.19 Å². The molecule has 0 saturated carbocycles. The molecule has 0 unspecified atom stereocenters. The van der Waals surface area contributed by atoms with Gasteiger partial charge >= 0.3 is 6.01 Å². The highest BCUT2D eigenvalue weighted by atomic mass is 32.2. The molecule has 36 heavy (non-hydrogen) atoms. The fourth-order valence-electron chi connectivity index (χ4n) is 3.86. The summed E-state index contributed by atoms with van der Waals surface area (Å²) < 4.78 is 34.7. The molecule has 0 bridgehead atoms. The number of aromatic nitrogens is 4. The molecule has 9 nitrogen and oxygen atoms in total. The van der Waals surface area contributed by atoms with Crippen LogP contribution in [0.2, 0.25) is 0 Å². The zero-order chi connectivity index (χ0) is 25.3. The van der Waals surface area contributed by atoms with Crippen LogP contribution in [0.3, 0.4) is 0 Å². The van der Waals surface area contributed by atoms with E-state index in [1.165, 1.54) is 23.2 Å². The van der Waals surface area contributed by atoms with Crippen molar-refractivity contribution in [2.24, 2.45) is 0 Å². The van der Waals surface area contributed by atoms with E-state index < -0.39 is 9.84 Å². The second kappa shape index (κ2) is 9.98. The molecule has 0 saturated heterocycles. The van der Waals surface area contributed by atoms with E-state index in [9.17, 15) is 8.42 Å². The van der Waals surface area contributed by atoms with E-state index in [0.29, 0.717) is 17.8 Å². The van der Waals surface area contributed by atoms with Gasteiger partial charge in [0.05, 0.1) is 17.2 Å². The van der Waals surface area contributed by atoms with Gasteiger partial charge in [-0.15, -0.1) is 0 Å². The Kier molecular flexibility index (Phi) is 6.76. The number of fused-ring (bicyclic) bond motifs is 1. The van der Waals surface area contributed by atoms with E-state index in [-0.39, 0.29) is 10.8 Å². The second-order valence-electron chi connectivity index (χ2n) is 9.04. The van der Waals surface area contributed by atoms with Gasteiger partial charge < -0.3 is 14.2 Å². The Morgan fingerprint density at radius 1 is 1.11 bits per heavy atom. The number of thiazole rings is 1.